The third kappa shape index (κ3) is 3.96. The summed E-state index contributed by atoms with van der Waals surface area (Å²) in [6, 6.07) is 10.8. The molecular formula is C20H14FN5O5. The van der Waals surface area contributed by atoms with Crippen LogP contribution >= 0.6 is 0 Å². The molecule has 4 rings (SSSR count). The van der Waals surface area contributed by atoms with E-state index in [4.69, 9.17) is 4.42 Å². The van der Waals surface area contributed by atoms with Gasteiger partial charge in [-0.2, -0.15) is 9.55 Å². The number of hydrogen-bond donors (Lipinski definition) is 3. The van der Waals surface area contributed by atoms with Crippen molar-refractivity contribution in [3.05, 3.63) is 70.6 Å². The number of fused-ring (bicyclic) bond motifs is 1. The van der Waals surface area contributed by atoms with E-state index in [0.717, 1.165) is 6.20 Å². The molecule has 31 heavy (non-hydrogen) atoms. The lowest BCUT2D eigenvalue weighted by molar-refractivity contribution is 0.101. The molecule has 0 fully saturated rings. The van der Waals surface area contributed by atoms with Gasteiger partial charge >= 0.3 is 11.8 Å². The van der Waals surface area contributed by atoms with Gasteiger partial charge in [0.1, 0.15) is 5.52 Å². The maximum absolute atomic E-state index is 14.2. The Kier molecular flexibility index (Phi) is 4.91. The summed E-state index contributed by atoms with van der Waals surface area (Å²) in [6.07, 6.45) is -0.540. The SMILES string of the molecule is CC(=O)c1ccc(Nc2ncc(F)c(Nc3ccc4oc(=O)n(C(=O)O)c4c3)n2)cc1. The molecule has 0 aliphatic carbocycles. The van der Waals surface area contributed by atoms with Crippen LogP contribution in [0.5, 0.6) is 0 Å². The number of aromatic nitrogens is 3. The van der Waals surface area contributed by atoms with Gasteiger partial charge in [-0.1, -0.05) is 0 Å². The molecule has 4 aromatic rings. The lowest BCUT2D eigenvalue weighted by Gasteiger charge is -2.10. The summed E-state index contributed by atoms with van der Waals surface area (Å²) in [5.41, 5.74) is 1.48. The highest BCUT2D eigenvalue weighted by molar-refractivity contribution is 5.94. The van der Waals surface area contributed by atoms with Gasteiger partial charge in [-0.25, -0.2) is 19.0 Å². The number of anilines is 4. The molecule has 10 nitrogen and oxygen atoms in total. The molecule has 0 atom stereocenters. The zero-order chi connectivity index (χ0) is 22.1. The number of hydrogen-bond acceptors (Lipinski definition) is 8. The molecule has 156 valence electrons. The van der Waals surface area contributed by atoms with Crippen molar-refractivity contribution >= 4 is 46.1 Å². The first kappa shape index (κ1) is 19.8. The second kappa shape index (κ2) is 7.71. The number of rotatable bonds is 5. The highest BCUT2D eigenvalue weighted by Crippen LogP contribution is 2.24. The number of ketones is 1. The fraction of sp³-hybridized carbons (Fsp3) is 0.0500. The van der Waals surface area contributed by atoms with Gasteiger partial charge in [-0.3, -0.25) is 4.79 Å². The van der Waals surface area contributed by atoms with E-state index in [1.54, 1.807) is 24.3 Å². The summed E-state index contributed by atoms with van der Waals surface area (Å²) in [7, 11) is 0. The molecule has 0 radical (unpaired) electrons. The summed E-state index contributed by atoms with van der Waals surface area (Å²) in [4.78, 5) is 42.3. The van der Waals surface area contributed by atoms with Crippen molar-refractivity contribution in [2.24, 2.45) is 0 Å². The molecule has 0 aliphatic heterocycles. The zero-order valence-corrected chi connectivity index (χ0v) is 15.9. The lowest BCUT2D eigenvalue weighted by atomic mass is 10.1. The first-order valence-electron chi connectivity index (χ1n) is 8.88. The average Bonchev–Trinajstić information content (AvgIpc) is 3.06. The van der Waals surface area contributed by atoms with Crippen LogP contribution < -0.4 is 16.4 Å². The van der Waals surface area contributed by atoms with E-state index in [1.165, 1.54) is 25.1 Å². The summed E-state index contributed by atoms with van der Waals surface area (Å²) in [5.74, 6) is -1.95. The van der Waals surface area contributed by atoms with Crippen LogP contribution in [0.15, 0.2) is 57.9 Å². The molecule has 0 spiro atoms. The predicted molar refractivity (Wildman–Crippen MR) is 109 cm³/mol. The maximum atomic E-state index is 14.2. The molecule has 2 aromatic carbocycles. The van der Waals surface area contributed by atoms with Gasteiger partial charge in [-0.05, 0) is 49.4 Å². The van der Waals surface area contributed by atoms with E-state index in [2.05, 4.69) is 20.6 Å². The van der Waals surface area contributed by atoms with Crippen molar-refractivity contribution in [1.29, 1.82) is 0 Å². The van der Waals surface area contributed by atoms with Gasteiger partial charge in [0.05, 0.1) is 6.20 Å². The standard InChI is InChI=1S/C20H14FN5O5/c1-10(27)11-2-4-12(5-3-11)24-18-22-9-14(21)17(25-18)23-13-6-7-16-15(8-13)26(19(28)29)20(30)31-16/h2-9H,1H3,(H,28,29)(H2,22,23,24,25). The van der Waals surface area contributed by atoms with Crippen molar-refractivity contribution in [3.63, 3.8) is 0 Å². The quantitative estimate of drug-likeness (QED) is 0.410. The minimum Gasteiger partial charge on any atom is -0.464 e. The molecule has 0 bridgehead atoms. The minimum atomic E-state index is -1.50. The molecule has 0 amide bonds. The number of oxazole rings is 1. The maximum Gasteiger partial charge on any atom is 0.429 e. The largest absolute Gasteiger partial charge is 0.464 e. The van der Waals surface area contributed by atoms with E-state index in [0.29, 0.717) is 15.8 Å². The fourth-order valence-corrected chi connectivity index (χ4v) is 2.84. The van der Waals surface area contributed by atoms with E-state index < -0.39 is 17.7 Å². The van der Waals surface area contributed by atoms with Crippen LogP contribution in [0.3, 0.4) is 0 Å². The topological polar surface area (TPSA) is 139 Å². The Morgan fingerprint density at radius 2 is 1.81 bits per heavy atom. The summed E-state index contributed by atoms with van der Waals surface area (Å²) in [6.45, 7) is 1.46. The Morgan fingerprint density at radius 1 is 1.10 bits per heavy atom. The number of nitrogens with one attached hydrogen (secondary N) is 2. The number of carbonyl (C=O) groups is 2. The average molecular weight is 423 g/mol. The molecule has 0 unspecified atom stereocenters. The normalized spacial score (nSPS) is 10.8. The second-order valence-electron chi connectivity index (χ2n) is 6.44. The number of benzene rings is 2. The van der Waals surface area contributed by atoms with Gasteiger partial charge < -0.3 is 20.2 Å². The molecule has 0 saturated heterocycles. The third-order valence-corrected chi connectivity index (χ3v) is 4.33. The monoisotopic (exact) mass is 423 g/mol. The van der Waals surface area contributed by atoms with Crippen molar-refractivity contribution in [1.82, 2.24) is 14.5 Å². The number of halogens is 1. The molecule has 2 heterocycles. The van der Waals surface area contributed by atoms with Crippen molar-refractivity contribution < 1.29 is 23.5 Å². The van der Waals surface area contributed by atoms with E-state index >= 15 is 0 Å². The minimum absolute atomic E-state index is 0.000809. The predicted octanol–water partition coefficient (Wildman–Crippen LogP) is 3.74. The number of nitrogens with zero attached hydrogens (tertiary/aromatic N) is 3. The second-order valence-corrected chi connectivity index (χ2v) is 6.44. The number of carboxylic acid groups (broad SMARTS) is 1. The number of Topliss-reactive ketones (excluding diaryl/α,β-unsaturated/α-hetero) is 1. The van der Waals surface area contributed by atoms with Crippen LogP contribution in [0.1, 0.15) is 17.3 Å². The van der Waals surface area contributed by atoms with E-state index in [-0.39, 0.29) is 34.3 Å². The van der Waals surface area contributed by atoms with E-state index in [1.807, 2.05) is 0 Å². The first-order valence-corrected chi connectivity index (χ1v) is 8.88. The summed E-state index contributed by atoms with van der Waals surface area (Å²) < 4.78 is 19.5. The third-order valence-electron chi connectivity index (χ3n) is 4.33. The van der Waals surface area contributed by atoms with Gasteiger partial charge in [0, 0.05) is 16.9 Å². The fourth-order valence-electron chi connectivity index (χ4n) is 2.84. The highest BCUT2D eigenvalue weighted by Gasteiger charge is 2.16. The summed E-state index contributed by atoms with van der Waals surface area (Å²) >= 11 is 0. The first-order chi connectivity index (χ1) is 14.8. The zero-order valence-electron chi connectivity index (χ0n) is 15.9. The van der Waals surface area contributed by atoms with Crippen LogP contribution in [0.4, 0.5) is 32.3 Å². The Labute approximate surface area is 173 Å². The van der Waals surface area contributed by atoms with Crippen LogP contribution in [-0.4, -0.2) is 31.5 Å². The van der Waals surface area contributed by atoms with Crippen LogP contribution in [0.2, 0.25) is 0 Å². The Morgan fingerprint density at radius 3 is 2.48 bits per heavy atom. The van der Waals surface area contributed by atoms with Crippen LogP contribution in [0.25, 0.3) is 11.1 Å². The van der Waals surface area contributed by atoms with Crippen molar-refractivity contribution in [2.45, 2.75) is 6.92 Å². The van der Waals surface area contributed by atoms with Gasteiger partial charge in [0.15, 0.2) is 23.0 Å². The molecule has 3 N–H and O–H groups in total. The van der Waals surface area contributed by atoms with E-state index in [9.17, 15) is 23.9 Å². The molecule has 2 aromatic heterocycles. The Balaban J connectivity index is 1.61. The molecular weight excluding hydrogens is 409 g/mol. The Hall–Kier alpha value is -4.54. The van der Waals surface area contributed by atoms with Crippen LogP contribution in [0, 0.1) is 5.82 Å². The smallest absolute Gasteiger partial charge is 0.429 e. The molecule has 0 aliphatic rings. The lowest BCUT2D eigenvalue weighted by Crippen LogP contribution is -2.20. The van der Waals surface area contributed by atoms with Gasteiger partial charge in [0.25, 0.3) is 0 Å². The van der Waals surface area contributed by atoms with Crippen LogP contribution in [-0.2, 0) is 0 Å². The number of carbonyl (C=O) groups excluding carboxylic acids is 1. The highest BCUT2D eigenvalue weighted by atomic mass is 19.1. The summed E-state index contributed by atoms with van der Waals surface area (Å²) in [5, 5.41) is 14.8. The van der Waals surface area contributed by atoms with Gasteiger partial charge in [-0.15, -0.1) is 0 Å². The van der Waals surface area contributed by atoms with Gasteiger partial charge in [0.2, 0.25) is 5.95 Å². The van der Waals surface area contributed by atoms with Crippen molar-refractivity contribution in [3.8, 4) is 0 Å². The Bertz CT molecular complexity index is 1380. The van der Waals surface area contributed by atoms with Crippen molar-refractivity contribution in [2.75, 3.05) is 10.6 Å². The molecule has 11 heteroatoms. The molecule has 0 saturated carbocycles.